The first-order valence-electron chi connectivity index (χ1n) is 16.0. The van der Waals surface area contributed by atoms with E-state index in [1.54, 1.807) is 48.4 Å². The van der Waals surface area contributed by atoms with Crippen LogP contribution in [-0.4, -0.2) is 89.1 Å². The van der Waals surface area contributed by atoms with E-state index in [1.807, 2.05) is 37.3 Å². The summed E-state index contributed by atoms with van der Waals surface area (Å²) in [4.78, 5) is 60.3. The topological polar surface area (TPSA) is 117 Å². The number of hydrogen-bond acceptors (Lipinski definition) is 7. The quantitative estimate of drug-likeness (QED) is 0.236. The second-order valence-electron chi connectivity index (χ2n) is 12.4. The summed E-state index contributed by atoms with van der Waals surface area (Å²) < 4.78 is 12.8. The van der Waals surface area contributed by atoms with E-state index in [2.05, 4.69) is 13.2 Å². The third kappa shape index (κ3) is 6.34. The third-order valence-electron chi connectivity index (χ3n) is 9.74. The van der Waals surface area contributed by atoms with Gasteiger partial charge in [-0.2, -0.15) is 0 Å². The number of aliphatic hydroxyl groups is 1. The Morgan fingerprint density at radius 2 is 1.85 bits per heavy atom. The second kappa shape index (κ2) is 14.4. The van der Waals surface area contributed by atoms with Crippen molar-refractivity contribution >= 4 is 41.0 Å². The van der Waals surface area contributed by atoms with Gasteiger partial charge in [0.25, 0.3) is 5.91 Å². The molecule has 0 radical (unpaired) electrons. The molecule has 0 aliphatic carbocycles. The number of fused-ring (bicyclic) bond motifs is 1. The fraction of sp³-hybridized carbons (Fsp3) is 0.444. The van der Waals surface area contributed by atoms with Crippen LogP contribution in [0.3, 0.4) is 0 Å². The van der Waals surface area contributed by atoms with Crippen LogP contribution < -0.4 is 4.90 Å². The summed E-state index contributed by atoms with van der Waals surface area (Å²) in [6, 6.07) is 14.3. The first-order chi connectivity index (χ1) is 22.6. The van der Waals surface area contributed by atoms with Gasteiger partial charge in [0.05, 0.1) is 30.6 Å². The molecule has 2 aromatic carbocycles. The van der Waals surface area contributed by atoms with Crippen molar-refractivity contribution in [2.24, 2.45) is 11.8 Å². The molecule has 3 aliphatic heterocycles. The number of aliphatic hydroxyl groups excluding tert-OH is 1. The lowest BCUT2D eigenvalue weighted by Gasteiger charge is -2.36. The molecule has 0 saturated carbocycles. The van der Waals surface area contributed by atoms with Gasteiger partial charge in [0.1, 0.15) is 17.7 Å². The van der Waals surface area contributed by atoms with E-state index in [1.165, 1.54) is 9.80 Å². The molecule has 3 saturated heterocycles. The van der Waals surface area contributed by atoms with Crippen LogP contribution in [0.4, 0.5) is 5.69 Å². The first kappa shape index (κ1) is 34.3. The molecule has 11 heteroatoms. The number of amides is 3. The van der Waals surface area contributed by atoms with Gasteiger partial charge in [-0.3, -0.25) is 19.2 Å². The largest absolute Gasteiger partial charge is 0.455 e. The van der Waals surface area contributed by atoms with Crippen molar-refractivity contribution in [2.45, 2.75) is 62.5 Å². The number of β-amino-alcohol motifs (C(OH)–C–C–N with tert-alkyl or cyclic N) is 1. The van der Waals surface area contributed by atoms with E-state index in [9.17, 15) is 24.3 Å². The second-order valence-corrected chi connectivity index (χ2v) is 12.8. The molecule has 0 aromatic heterocycles. The van der Waals surface area contributed by atoms with Gasteiger partial charge >= 0.3 is 5.97 Å². The lowest BCUT2D eigenvalue weighted by Crippen LogP contribution is -2.56. The van der Waals surface area contributed by atoms with Crippen molar-refractivity contribution in [3.63, 3.8) is 0 Å². The molecule has 1 spiro atoms. The Morgan fingerprint density at radius 3 is 2.49 bits per heavy atom. The molecule has 7 atom stereocenters. The maximum atomic E-state index is 14.4. The number of anilines is 1. The highest BCUT2D eigenvalue weighted by Crippen LogP contribution is 2.59. The summed E-state index contributed by atoms with van der Waals surface area (Å²) in [5, 5.41) is 10.5. The highest BCUT2D eigenvalue weighted by Gasteiger charge is 2.75. The van der Waals surface area contributed by atoms with Crippen LogP contribution in [0.5, 0.6) is 0 Å². The minimum Gasteiger partial charge on any atom is -0.455 e. The zero-order valence-corrected chi connectivity index (χ0v) is 27.6. The van der Waals surface area contributed by atoms with Crippen LogP contribution in [0.1, 0.15) is 44.3 Å². The molecule has 3 fully saturated rings. The van der Waals surface area contributed by atoms with Crippen LogP contribution in [0, 0.1) is 11.8 Å². The Bertz CT molecular complexity index is 1500. The van der Waals surface area contributed by atoms with Crippen LogP contribution in [-0.2, 0) is 28.7 Å². The fourth-order valence-electron chi connectivity index (χ4n) is 7.39. The minimum absolute atomic E-state index is 0.104. The van der Waals surface area contributed by atoms with E-state index in [4.69, 9.17) is 21.1 Å². The van der Waals surface area contributed by atoms with Crippen LogP contribution in [0.2, 0.25) is 5.02 Å². The van der Waals surface area contributed by atoms with Crippen LogP contribution in [0.15, 0.2) is 79.9 Å². The van der Waals surface area contributed by atoms with Gasteiger partial charge < -0.3 is 29.3 Å². The van der Waals surface area contributed by atoms with Gasteiger partial charge in [0.2, 0.25) is 11.8 Å². The standard InChI is InChI=1S/C36H42ClN3O7/c1-5-7-13-28(42)38(4)23(3)31(24-11-9-8-10-12-24)46-35(45)29-27-18-19-36(47-27)30(29)33(43)40(21-22-41)32(36)34(44)39(20-6-2)26-16-14-25(37)15-17-26/h5-6,8-12,14-17,23,27,29-32,41H,1-2,7,13,18-22H2,3-4H3/t23-,27-,29+,30+,31+,32-,36+/m1/s1. The number of likely N-dealkylation sites (N-methyl/N-ethyl adjacent to an activating group) is 1. The molecule has 2 aromatic rings. The molecule has 3 aliphatic rings. The van der Waals surface area contributed by atoms with Crippen molar-refractivity contribution in [2.75, 3.05) is 31.6 Å². The normalized spacial score (nSPS) is 25.5. The number of carbonyl (C=O) groups is 4. The molecular weight excluding hydrogens is 622 g/mol. The van der Waals surface area contributed by atoms with Crippen molar-refractivity contribution in [1.82, 2.24) is 9.80 Å². The summed E-state index contributed by atoms with van der Waals surface area (Å²) in [5.41, 5.74) is -0.0220. The zero-order chi connectivity index (χ0) is 33.9. The van der Waals surface area contributed by atoms with Crippen molar-refractivity contribution in [3.8, 4) is 0 Å². The number of nitrogens with zero attached hydrogens (tertiary/aromatic N) is 3. The van der Waals surface area contributed by atoms with Crippen molar-refractivity contribution in [1.29, 1.82) is 0 Å². The number of carbonyl (C=O) groups excluding carboxylic acids is 4. The molecule has 3 heterocycles. The number of ether oxygens (including phenoxy) is 2. The Balaban J connectivity index is 1.47. The third-order valence-corrected chi connectivity index (χ3v) is 9.99. The molecule has 2 bridgehead atoms. The number of esters is 1. The molecule has 250 valence electrons. The smallest absolute Gasteiger partial charge is 0.313 e. The van der Waals surface area contributed by atoms with E-state index in [0.29, 0.717) is 35.5 Å². The van der Waals surface area contributed by atoms with Gasteiger partial charge in [-0.05, 0) is 56.0 Å². The van der Waals surface area contributed by atoms with E-state index in [0.717, 1.165) is 0 Å². The molecular formula is C36H42ClN3O7. The molecule has 3 amide bonds. The molecule has 0 unspecified atom stereocenters. The van der Waals surface area contributed by atoms with Gasteiger partial charge in [0.15, 0.2) is 0 Å². The van der Waals surface area contributed by atoms with Gasteiger partial charge in [0, 0.05) is 37.3 Å². The Hall–Kier alpha value is -3.99. The number of hydrogen-bond donors (Lipinski definition) is 1. The van der Waals surface area contributed by atoms with Crippen molar-refractivity contribution in [3.05, 3.63) is 90.5 Å². The predicted molar refractivity (Wildman–Crippen MR) is 177 cm³/mol. The lowest BCUT2D eigenvalue weighted by molar-refractivity contribution is -0.164. The minimum atomic E-state index is -1.28. The molecule has 5 rings (SSSR count). The van der Waals surface area contributed by atoms with E-state index in [-0.39, 0.29) is 32.0 Å². The fourth-order valence-corrected chi connectivity index (χ4v) is 7.52. The number of benzene rings is 2. The monoisotopic (exact) mass is 663 g/mol. The molecule has 1 N–H and O–H groups in total. The summed E-state index contributed by atoms with van der Waals surface area (Å²) in [7, 11) is 1.68. The SMILES string of the molecule is C=CCCC(=O)N(C)[C@H](C)[C@H](OC(=O)[C@@H]1[C@H]2C(=O)N(CCO)[C@H](C(=O)N(CC=C)c3ccc(Cl)cc3)[C@]23CC[C@H]1O3)c1ccccc1. The van der Waals surface area contributed by atoms with E-state index >= 15 is 0 Å². The Labute approximate surface area is 280 Å². The maximum absolute atomic E-state index is 14.4. The lowest BCUT2D eigenvalue weighted by atomic mass is 9.70. The van der Waals surface area contributed by atoms with Crippen LogP contribution >= 0.6 is 11.6 Å². The summed E-state index contributed by atoms with van der Waals surface area (Å²) in [6.07, 6.45) is 3.44. The van der Waals surface area contributed by atoms with Gasteiger partial charge in [-0.1, -0.05) is 54.1 Å². The number of allylic oxidation sites excluding steroid dienone is 1. The maximum Gasteiger partial charge on any atom is 0.313 e. The highest BCUT2D eigenvalue weighted by atomic mass is 35.5. The average Bonchev–Trinajstić information content (AvgIpc) is 3.72. The number of likely N-dealkylation sites (tertiary alicyclic amines) is 1. The summed E-state index contributed by atoms with van der Waals surface area (Å²) in [5.74, 6) is -3.53. The highest BCUT2D eigenvalue weighted by molar-refractivity contribution is 6.30. The number of rotatable bonds is 14. The Morgan fingerprint density at radius 1 is 1.15 bits per heavy atom. The van der Waals surface area contributed by atoms with Gasteiger partial charge in [-0.15, -0.1) is 13.2 Å². The molecule has 47 heavy (non-hydrogen) atoms. The average molecular weight is 664 g/mol. The van der Waals surface area contributed by atoms with Gasteiger partial charge in [-0.25, -0.2) is 0 Å². The van der Waals surface area contributed by atoms with Crippen LogP contribution in [0.25, 0.3) is 0 Å². The predicted octanol–water partition coefficient (Wildman–Crippen LogP) is 4.32. The number of halogens is 1. The Kier molecular flexibility index (Phi) is 10.5. The molecule has 10 nitrogen and oxygen atoms in total. The first-order valence-corrected chi connectivity index (χ1v) is 16.4. The van der Waals surface area contributed by atoms with Crippen molar-refractivity contribution < 1.29 is 33.8 Å². The van der Waals surface area contributed by atoms with E-state index < -0.39 is 59.5 Å². The summed E-state index contributed by atoms with van der Waals surface area (Å²) in [6.45, 7) is 9.00. The zero-order valence-electron chi connectivity index (χ0n) is 26.8. The summed E-state index contributed by atoms with van der Waals surface area (Å²) >= 11 is 6.11.